The molecule has 2 N–H and O–H groups in total. The van der Waals surface area contributed by atoms with Gasteiger partial charge in [-0.3, -0.25) is 10.0 Å². The summed E-state index contributed by atoms with van der Waals surface area (Å²) in [6.45, 7) is 3.14. The summed E-state index contributed by atoms with van der Waals surface area (Å²) in [5.74, 6) is -0.678. The van der Waals surface area contributed by atoms with Crippen molar-refractivity contribution in [2.45, 2.75) is 11.3 Å². The Morgan fingerprint density at radius 3 is 2.41 bits per heavy atom. The van der Waals surface area contributed by atoms with Gasteiger partial charge in [-0.2, -0.15) is 4.31 Å². The van der Waals surface area contributed by atoms with E-state index in [2.05, 4.69) is 34.1 Å². The van der Waals surface area contributed by atoms with E-state index in [-0.39, 0.29) is 4.90 Å². The number of rotatable bonds is 8. The minimum absolute atomic E-state index is 0.193. The van der Waals surface area contributed by atoms with Crippen LogP contribution in [0.2, 0.25) is 0 Å². The second-order valence-electron chi connectivity index (χ2n) is 7.94. The third-order valence-corrected chi connectivity index (χ3v) is 7.43. The minimum Gasteiger partial charge on any atom is -0.378 e. The molecular formula is C23H30N4O4S. The molecule has 9 heteroatoms. The zero-order chi connectivity index (χ0) is 23.1. The third-order valence-electron chi connectivity index (χ3n) is 5.53. The van der Waals surface area contributed by atoms with Gasteiger partial charge in [0.05, 0.1) is 4.90 Å². The van der Waals surface area contributed by atoms with Crippen LogP contribution in [-0.4, -0.2) is 75.6 Å². The van der Waals surface area contributed by atoms with Gasteiger partial charge in [0, 0.05) is 58.6 Å². The Morgan fingerprint density at radius 2 is 1.78 bits per heavy atom. The van der Waals surface area contributed by atoms with Crippen LogP contribution >= 0.6 is 0 Å². The number of carbonyl (C=O) groups excluding carboxylic acids is 1. The molecule has 0 saturated carbocycles. The Bertz CT molecular complexity index is 1040. The highest BCUT2D eigenvalue weighted by Crippen LogP contribution is 2.20. The molecule has 2 aromatic carbocycles. The summed E-state index contributed by atoms with van der Waals surface area (Å²) in [7, 11) is 0.424. The van der Waals surface area contributed by atoms with E-state index in [9.17, 15) is 13.2 Å². The summed E-state index contributed by atoms with van der Waals surface area (Å²) >= 11 is 0. The maximum atomic E-state index is 13.1. The van der Waals surface area contributed by atoms with E-state index in [1.807, 2.05) is 14.1 Å². The normalized spacial score (nSPS) is 15.7. The lowest BCUT2D eigenvalue weighted by Crippen LogP contribution is -2.49. The van der Waals surface area contributed by atoms with Gasteiger partial charge in [0.2, 0.25) is 10.0 Å². The summed E-state index contributed by atoms with van der Waals surface area (Å²) in [5, 5.41) is 8.56. The Hall–Kier alpha value is -2.72. The first kappa shape index (κ1) is 23.9. The zero-order valence-corrected chi connectivity index (χ0v) is 19.3. The predicted octanol–water partition coefficient (Wildman–Crippen LogP) is 1.82. The van der Waals surface area contributed by atoms with Crippen molar-refractivity contribution in [1.29, 1.82) is 0 Å². The quantitative estimate of drug-likeness (QED) is 0.356. The third kappa shape index (κ3) is 6.17. The van der Waals surface area contributed by atoms with Crippen LogP contribution in [0.4, 0.5) is 5.69 Å². The molecule has 1 saturated heterocycles. The summed E-state index contributed by atoms with van der Waals surface area (Å²) in [6, 6.07) is 14.9. The van der Waals surface area contributed by atoms with Gasteiger partial charge in [-0.1, -0.05) is 24.3 Å². The maximum absolute atomic E-state index is 13.1. The van der Waals surface area contributed by atoms with Crippen LogP contribution in [-0.2, 0) is 21.2 Å². The lowest BCUT2D eigenvalue weighted by Gasteiger charge is -2.34. The zero-order valence-electron chi connectivity index (χ0n) is 18.4. The topological polar surface area (TPSA) is 93.2 Å². The highest BCUT2D eigenvalue weighted by atomic mass is 32.2. The number of nitrogens with zero attached hydrogens (tertiary/aromatic N) is 3. The van der Waals surface area contributed by atoms with Crippen LogP contribution < -0.4 is 10.4 Å². The van der Waals surface area contributed by atoms with Gasteiger partial charge in [-0.15, -0.1) is 0 Å². The maximum Gasteiger partial charge on any atom is 0.267 e. The van der Waals surface area contributed by atoms with Crippen molar-refractivity contribution in [3.63, 3.8) is 0 Å². The fourth-order valence-corrected chi connectivity index (χ4v) is 5.06. The Kier molecular flexibility index (Phi) is 8.03. The number of hydroxylamine groups is 1. The van der Waals surface area contributed by atoms with Crippen molar-refractivity contribution in [2.75, 3.05) is 51.7 Å². The number of hydrogen-bond acceptors (Lipinski definition) is 6. The molecule has 1 amide bonds. The fraction of sp³-hybridized carbons (Fsp3) is 0.348. The summed E-state index contributed by atoms with van der Waals surface area (Å²) in [5.41, 5.74) is 4.51. The monoisotopic (exact) mass is 458 g/mol. The van der Waals surface area contributed by atoms with E-state index >= 15 is 0 Å². The minimum atomic E-state index is -3.61. The number of benzene rings is 2. The van der Waals surface area contributed by atoms with Gasteiger partial charge in [0.1, 0.15) is 0 Å². The van der Waals surface area contributed by atoms with E-state index in [1.165, 1.54) is 33.2 Å². The average molecular weight is 459 g/mol. The van der Waals surface area contributed by atoms with Crippen LogP contribution in [0, 0.1) is 0 Å². The largest absolute Gasteiger partial charge is 0.378 e. The molecule has 3 rings (SSSR count). The average Bonchev–Trinajstić information content (AvgIpc) is 2.82. The van der Waals surface area contributed by atoms with Gasteiger partial charge in [0.25, 0.3) is 5.91 Å². The smallest absolute Gasteiger partial charge is 0.267 e. The number of sulfonamides is 1. The summed E-state index contributed by atoms with van der Waals surface area (Å²) in [4.78, 5) is 15.7. The fourth-order valence-electron chi connectivity index (χ4n) is 3.58. The first-order valence-corrected chi connectivity index (χ1v) is 11.9. The van der Waals surface area contributed by atoms with E-state index in [4.69, 9.17) is 5.21 Å². The van der Waals surface area contributed by atoms with Crippen molar-refractivity contribution in [1.82, 2.24) is 14.7 Å². The summed E-state index contributed by atoms with van der Waals surface area (Å²) < 4.78 is 27.6. The molecule has 1 aliphatic heterocycles. The predicted molar refractivity (Wildman–Crippen MR) is 125 cm³/mol. The molecule has 1 fully saturated rings. The first-order chi connectivity index (χ1) is 15.3. The molecule has 0 radical (unpaired) electrons. The van der Waals surface area contributed by atoms with Gasteiger partial charge in [0.15, 0.2) is 0 Å². The van der Waals surface area contributed by atoms with Crippen molar-refractivity contribution >= 4 is 27.7 Å². The number of piperazine rings is 1. The van der Waals surface area contributed by atoms with E-state index in [0.717, 1.165) is 19.0 Å². The first-order valence-electron chi connectivity index (χ1n) is 10.5. The lowest BCUT2D eigenvalue weighted by molar-refractivity contribution is -0.124. The Morgan fingerprint density at radius 1 is 1.09 bits per heavy atom. The Labute approximate surface area is 189 Å². The van der Waals surface area contributed by atoms with Crippen molar-refractivity contribution < 1.29 is 18.4 Å². The molecule has 8 nitrogen and oxygen atoms in total. The molecule has 0 aliphatic carbocycles. The SMILES string of the molecule is CN(C)c1ccc(CCN2CCN(S(=O)(=O)c3cccc(/C=C/C(=O)NO)c3)CC2)cc1. The van der Waals surface area contributed by atoms with Crippen LogP contribution in [0.5, 0.6) is 0 Å². The van der Waals surface area contributed by atoms with E-state index < -0.39 is 15.9 Å². The molecule has 1 heterocycles. The molecule has 0 unspecified atom stereocenters. The molecule has 2 aromatic rings. The number of hydrogen-bond donors (Lipinski definition) is 2. The highest BCUT2D eigenvalue weighted by Gasteiger charge is 2.28. The van der Waals surface area contributed by atoms with Crippen molar-refractivity contribution in [2.24, 2.45) is 0 Å². The molecule has 172 valence electrons. The van der Waals surface area contributed by atoms with E-state index in [1.54, 1.807) is 18.2 Å². The van der Waals surface area contributed by atoms with Crippen LogP contribution in [0.3, 0.4) is 0 Å². The molecule has 1 aliphatic rings. The number of anilines is 1. The van der Waals surface area contributed by atoms with E-state index in [0.29, 0.717) is 31.7 Å². The van der Waals surface area contributed by atoms with Crippen molar-refractivity contribution in [3.05, 3.63) is 65.7 Å². The van der Waals surface area contributed by atoms with Crippen molar-refractivity contribution in [3.8, 4) is 0 Å². The number of nitrogens with one attached hydrogen (secondary N) is 1. The van der Waals surface area contributed by atoms with Gasteiger partial charge < -0.3 is 9.80 Å². The second-order valence-corrected chi connectivity index (χ2v) is 9.88. The van der Waals surface area contributed by atoms with Gasteiger partial charge in [-0.05, 0) is 47.9 Å². The summed E-state index contributed by atoms with van der Waals surface area (Å²) in [6.07, 6.45) is 3.52. The van der Waals surface area contributed by atoms with Gasteiger partial charge in [-0.25, -0.2) is 13.9 Å². The number of amides is 1. The number of carbonyl (C=O) groups is 1. The molecule has 0 aromatic heterocycles. The second kappa shape index (κ2) is 10.7. The molecule has 32 heavy (non-hydrogen) atoms. The molecular weight excluding hydrogens is 428 g/mol. The standard InChI is InChI=1S/C23H30N4O4S/c1-25(2)21-9-6-19(7-10-21)12-13-26-14-16-27(17-15-26)32(30,31)22-5-3-4-20(18-22)8-11-23(28)24-29/h3-11,18,29H,12-17H2,1-2H3,(H,24,28)/b11-8+. The lowest BCUT2D eigenvalue weighted by atomic mass is 10.1. The molecule has 0 spiro atoms. The Balaban J connectivity index is 1.56. The molecule has 0 atom stereocenters. The van der Waals surface area contributed by atoms with Gasteiger partial charge >= 0.3 is 0 Å². The molecule has 0 bridgehead atoms. The highest BCUT2D eigenvalue weighted by molar-refractivity contribution is 7.89. The van der Waals surface area contributed by atoms with Crippen LogP contribution in [0.15, 0.2) is 59.5 Å². The van der Waals surface area contributed by atoms with Crippen LogP contribution in [0.25, 0.3) is 6.08 Å². The van der Waals surface area contributed by atoms with Crippen LogP contribution in [0.1, 0.15) is 11.1 Å².